The smallest absolute Gasteiger partial charge is 0.189 e. The number of nitrogens with one attached hydrogen (secondary N) is 2. The summed E-state index contributed by atoms with van der Waals surface area (Å²) in [5, 5.41) is 17.4. The van der Waals surface area contributed by atoms with Crippen LogP contribution >= 0.6 is 11.3 Å². The summed E-state index contributed by atoms with van der Waals surface area (Å²) in [6.45, 7) is 1.83. The van der Waals surface area contributed by atoms with E-state index in [0.717, 1.165) is 69.4 Å². The summed E-state index contributed by atoms with van der Waals surface area (Å²) in [5.41, 5.74) is 3.98. The predicted octanol–water partition coefficient (Wildman–Crippen LogP) is 5.58. The first-order valence-corrected chi connectivity index (χ1v) is 12.0. The first-order valence-electron chi connectivity index (χ1n) is 11.1. The number of thiazole rings is 1. The summed E-state index contributed by atoms with van der Waals surface area (Å²) in [6.07, 6.45) is 7.09. The summed E-state index contributed by atoms with van der Waals surface area (Å²) in [6, 6.07) is 14.6. The second-order valence-electron chi connectivity index (χ2n) is 8.22. The van der Waals surface area contributed by atoms with Gasteiger partial charge in [0.1, 0.15) is 11.6 Å². The number of pyridine rings is 2. The number of fused-ring (bicyclic) bond motifs is 1. The van der Waals surface area contributed by atoms with Crippen molar-refractivity contribution in [3.8, 4) is 23.0 Å². The molecule has 0 atom stereocenters. The van der Waals surface area contributed by atoms with Crippen molar-refractivity contribution >= 4 is 38.3 Å². The third kappa shape index (κ3) is 5.14. The topological polar surface area (TPSA) is 83.0 Å². The fourth-order valence-corrected chi connectivity index (χ4v) is 5.00. The third-order valence-corrected chi connectivity index (χ3v) is 6.70. The van der Waals surface area contributed by atoms with Crippen LogP contribution in [0.15, 0.2) is 54.9 Å². The molecular formula is C26H25N5OS. The van der Waals surface area contributed by atoms with Gasteiger partial charge in [-0.05, 0) is 68.5 Å². The van der Waals surface area contributed by atoms with Gasteiger partial charge in [0, 0.05) is 29.6 Å². The van der Waals surface area contributed by atoms with Gasteiger partial charge in [-0.1, -0.05) is 29.4 Å². The van der Waals surface area contributed by atoms with Gasteiger partial charge >= 0.3 is 0 Å². The minimum absolute atomic E-state index is 0.159. The maximum absolute atomic E-state index is 9.71. The fourth-order valence-electron chi connectivity index (χ4n) is 4.09. The SMILES string of the molecule is CC#Cc1cncc(-c2ccc3nc(Nc4cccc(N[C@H]5CC[C@H](O)CC5)n4)sc3c2)c1. The van der Waals surface area contributed by atoms with E-state index in [9.17, 15) is 5.11 Å². The second kappa shape index (κ2) is 9.57. The number of aliphatic hydroxyl groups is 1. The number of nitrogens with zero attached hydrogens (tertiary/aromatic N) is 3. The Labute approximate surface area is 197 Å². The molecule has 7 heteroatoms. The molecule has 0 aliphatic heterocycles. The van der Waals surface area contributed by atoms with Gasteiger partial charge in [0.2, 0.25) is 0 Å². The number of hydrogen-bond acceptors (Lipinski definition) is 7. The lowest BCUT2D eigenvalue weighted by Gasteiger charge is -2.26. The largest absolute Gasteiger partial charge is 0.393 e. The molecule has 0 radical (unpaired) electrons. The van der Waals surface area contributed by atoms with Crippen molar-refractivity contribution in [2.75, 3.05) is 10.6 Å². The van der Waals surface area contributed by atoms with Gasteiger partial charge in [0.05, 0.1) is 16.3 Å². The summed E-state index contributed by atoms with van der Waals surface area (Å²) >= 11 is 1.60. The number of rotatable bonds is 5. The highest BCUT2D eigenvalue weighted by Gasteiger charge is 2.19. The molecule has 0 unspecified atom stereocenters. The average Bonchev–Trinajstić information content (AvgIpc) is 3.23. The average molecular weight is 456 g/mol. The van der Waals surface area contributed by atoms with E-state index in [4.69, 9.17) is 9.97 Å². The van der Waals surface area contributed by atoms with Gasteiger partial charge in [-0.2, -0.15) is 0 Å². The Morgan fingerprint density at radius 2 is 1.82 bits per heavy atom. The molecule has 0 saturated heterocycles. The molecule has 4 aromatic rings. The highest BCUT2D eigenvalue weighted by Crippen LogP contribution is 2.32. The van der Waals surface area contributed by atoms with Crippen LogP contribution in [0.1, 0.15) is 38.2 Å². The molecule has 1 fully saturated rings. The molecule has 0 spiro atoms. The maximum atomic E-state index is 9.71. The fraction of sp³-hybridized carbons (Fsp3) is 0.269. The lowest BCUT2D eigenvalue weighted by Crippen LogP contribution is -2.28. The van der Waals surface area contributed by atoms with Crippen LogP contribution in [-0.2, 0) is 0 Å². The zero-order valence-corrected chi connectivity index (χ0v) is 19.2. The minimum atomic E-state index is -0.159. The first-order chi connectivity index (χ1) is 16.2. The molecule has 3 aromatic heterocycles. The number of anilines is 3. The molecule has 0 bridgehead atoms. The summed E-state index contributed by atoms with van der Waals surface area (Å²) < 4.78 is 1.09. The van der Waals surface area contributed by atoms with E-state index < -0.39 is 0 Å². The van der Waals surface area contributed by atoms with E-state index in [-0.39, 0.29) is 6.10 Å². The Morgan fingerprint density at radius 3 is 2.67 bits per heavy atom. The van der Waals surface area contributed by atoms with Gasteiger partial charge in [-0.25, -0.2) is 9.97 Å². The van der Waals surface area contributed by atoms with E-state index in [2.05, 4.69) is 45.7 Å². The number of hydrogen-bond donors (Lipinski definition) is 3. The van der Waals surface area contributed by atoms with Gasteiger partial charge in [-0.3, -0.25) is 4.98 Å². The molecule has 5 rings (SSSR count). The number of benzene rings is 1. The molecule has 0 amide bonds. The Bertz CT molecular complexity index is 1330. The molecule has 1 aromatic carbocycles. The van der Waals surface area contributed by atoms with Crippen LogP contribution < -0.4 is 10.6 Å². The minimum Gasteiger partial charge on any atom is -0.393 e. The normalized spacial score (nSPS) is 17.9. The Balaban J connectivity index is 1.32. The third-order valence-electron chi connectivity index (χ3n) is 5.76. The van der Waals surface area contributed by atoms with Crippen LogP contribution in [0.2, 0.25) is 0 Å². The first kappa shape index (κ1) is 21.4. The van der Waals surface area contributed by atoms with Gasteiger partial charge < -0.3 is 15.7 Å². The van der Waals surface area contributed by atoms with Crippen molar-refractivity contribution in [2.24, 2.45) is 0 Å². The maximum Gasteiger partial charge on any atom is 0.189 e. The van der Waals surface area contributed by atoms with Crippen molar-refractivity contribution in [3.63, 3.8) is 0 Å². The molecule has 166 valence electrons. The molecule has 3 N–H and O–H groups in total. The molecule has 1 aliphatic rings. The Hall–Kier alpha value is -3.47. The predicted molar refractivity (Wildman–Crippen MR) is 135 cm³/mol. The second-order valence-corrected chi connectivity index (χ2v) is 9.25. The molecule has 1 saturated carbocycles. The van der Waals surface area contributed by atoms with Gasteiger partial charge in [0.15, 0.2) is 5.13 Å². The summed E-state index contributed by atoms with van der Waals surface area (Å²) in [5.74, 6) is 7.58. The number of aliphatic hydroxyl groups excluding tert-OH is 1. The van der Waals surface area contributed by atoms with Crippen molar-refractivity contribution < 1.29 is 5.11 Å². The van der Waals surface area contributed by atoms with E-state index >= 15 is 0 Å². The zero-order valence-electron chi connectivity index (χ0n) is 18.4. The van der Waals surface area contributed by atoms with Crippen molar-refractivity contribution in [3.05, 3.63) is 60.4 Å². The van der Waals surface area contributed by atoms with E-state index in [0.29, 0.717) is 6.04 Å². The van der Waals surface area contributed by atoms with Crippen LogP contribution in [0, 0.1) is 11.8 Å². The Kier molecular flexibility index (Phi) is 6.20. The Morgan fingerprint density at radius 1 is 0.970 bits per heavy atom. The lowest BCUT2D eigenvalue weighted by atomic mass is 9.93. The summed E-state index contributed by atoms with van der Waals surface area (Å²) in [7, 11) is 0. The van der Waals surface area contributed by atoms with Crippen LogP contribution in [0.3, 0.4) is 0 Å². The van der Waals surface area contributed by atoms with Crippen LogP contribution in [0.25, 0.3) is 21.3 Å². The van der Waals surface area contributed by atoms with E-state index in [1.807, 2.05) is 37.4 Å². The molecule has 1 aliphatic carbocycles. The highest BCUT2D eigenvalue weighted by molar-refractivity contribution is 7.22. The van der Waals surface area contributed by atoms with Gasteiger partial charge in [-0.15, -0.1) is 5.92 Å². The molecule has 3 heterocycles. The standard InChI is InChI=1S/C26H25N5OS/c1-2-4-17-13-19(16-27-15-17)18-7-12-22-23(14-18)33-26(29-22)31-25-6-3-5-24(30-25)28-20-8-10-21(32)11-9-20/h3,5-7,12-16,20-21,32H,8-11H2,1H3,(H2,28,29,30,31)/t20-,21-. The van der Waals surface area contributed by atoms with Gasteiger partial charge in [0.25, 0.3) is 0 Å². The molecular weight excluding hydrogens is 430 g/mol. The van der Waals surface area contributed by atoms with Crippen LogP contribution in [-0.4, -0.2) is 32.2 Å². The lowest BCUT2D eigenvalue weighted by molar-refractivity contribution is 0.126. The molecule has 6 nitrogen and oxygen atoms in total. The highest BCUT2D eigenvalue weighted by atomic mass is 32.1. The van der Waals surface area contributed by atoms with E-state index in [1.165, 1.54) is 0 Å². The van der Waals surface area contributed by atoms with E-state index in [1.54, 1.807) is 17.5 Å². The quantitative estimate of drug-likeness (QED) is 0.341. The molecule has 33 heavy (non-hydrogen) atoms. The van der Waals surface area contributed by atoms with Crippen LogP contribution in [0.4, 0.5) is 16.8 Å². The number of aromatic nitrogens is 3. The van der Waals surface area contributed by atoms with Crippen LogP contribution in [0.5, 0.6) is 0 Å². The van der Waals surface area contributed by atoms with Crippen molar-refractivity contribution in [1.82, 2.24) is 15.0 Å². The monoisotopic (exact) mass is 455 g/mol. The van der Waals surface area contributed by atoms with Crippen molar-refractivity contribution in [1.29, 1.82) is 0 Å². The summed E-state index contributed by atoms with van der Waals surface area (Å²) in [4.78, 5) is 13.7. The zero-order chi connectivity index (χ0) is 22.6. The van der Waals surface area contributed by atoms with Crippen molar-refractivity contribution in [2.45, 2.75) is 44.8 Å².